The van der Waals surface area contributed by atoms with Crippen LogP contribution >= 0.6 is 11.6 Å². The van der Waals surface area contributed by atoms with Crippen molar-refractivity contribution in [3.8, 4) is 0 Å². The molecule has 0 nitrogen and oxygen atoms in total. The number of alkyl halides is 7. The van der Waals surface area contributed by atoms with Crippen LogP contribution in [0, 0.1) is 0 Å². The molecule has 0 fully saturated rings. The molecular formula is C13H11ClF6. The van der Waals surface area contributed by atoms with E-state index in [0.717, 1.165) is 0 Å². The Hall–Kier alpha value is -1.17. The molecule has 0 spiro atoms. The molecule has 20 heavy (non-hydrogen) atoms. The highest BCUT2D eigenvalue weighted by atomic mass is 35.5. The van der Waals surface area contributed by atoms with Crippen LogP contribution in [0.3, 0.4) is 0 Å². The van der Waals surface area contributed by atoms with Crippen LogP contribution in [0.4, 0.5) is 26.3 Å². The minimum atomic E-state index is -4.84. The third-order valence-corrected chi connectivity index (χ3v) is 2.95. The van der Waals surface area contributed by atoms with Crippen molar-refractivity contribution in [2.24, 2.45) is 0 Å². The van der Waals surface area contributed by atoms with Gasteiger partial charge in [0.25, 0.3) is 0 Å². The van der Waals surface area contributed by atoms with Gasteiger partial charge in [-0.15, -0.1) is 11.6 Å². The molecule has 0 aliphatic rings. The van der Waals surface area contributed by atoms with Gasteiger partial charge < -0.3 is 0 Å². The molecule has 0 aromatic heterocycles. The highest BCUT2D eigenvalue weighted by Gasteiger charge is 2.36. The second-order valence-corrected chi connectivity index (χ2v) is 4.40. The molecule has 0 heterocycles. The third-order valence-electron chi connectivity index (χ3n) is 2.61. The summed E-state index contributed by atoms with van der Waals surface area (Å²) >= 11 is 5.56. The number of hydrogen-bond donors (Lipinski definition) is 0. The maximum atomic E-state index is 12.6. The summed E-state index contributed by atoms with van der Waals surface area (Å²) in [6.45, 7) is 1.71. The van der Waals surface area contributed by atoms with Gasteiger partial charge in [0.1, 0.15) is 0 Å². The van der Waals surface area contributed by atoms with Crippen LogP contribution in [0.15, 0.2) is 23.8 Å². The lowest BCUT2D eigenvalue weighted by Crippen LogP contribution is -2.11. The first-order valence-electron chi connectivity index (χ1n) is 5.62. The van der Waals surface area contributed by atoms with E-state index in [2.05, 4.69) is 0 Å². The van der Waals surface area contributed by atoms with E-state index in [1.165, 1.54) is 6.08 Å². The lowest BCUT2D eigenvalue weighted by atomic mass is 10.0. The van der Waals surface area contributed by atoms with Crippen molar-refractivity contribution in [3.63, 3.8) is 0 Å². The van der Waals surface area contributed by atoms with Gasteiger partial charge in [0.15, 0.2) is 0 Å². The molecule has 1 rings (SSSR count). The monoisotopic (exact) mass is 316 g/mol. The number of hydrogen-bond acceptors (Lipinski definition) is 0. The normalized spacial score (nSPS) is 13.7. The van der Waals surface area contributed by atoms with Crippen LogP contribution < -0.4 is 0 Å². The Bertz CT molecular complexity index is 460. The fourth-order valence-corrected chi connectivity index (χ4v) is 1.80. The first-order valence-corrected chi connectivity index (χ1v) is 6.16. The van der Waals surface area contributed by atoms with Gasteiger partial charge in [-0.1, -0.05) is 18.6 Å². The van der Waals surface area contributed by atoms with E-state index < -0.39 is 23.5 Å². The van der Waals surface area contributed by atoms with E-state index >= 15 is 0 Å². The summed E-state index contributed by atoms with van der Waals surface area (Å²) in [5.74, 6) is 0.0497. The Labute approximate surface area is 117 Å². The summed E-state index contributed by atoms with van der Waals surface area (Å²) < 4.78 is 75.7. The van der Waals surface area contributed by atoms with Crippen molar-refractivity contribution in [1.82, 2.24) is 0 Å². The van der Waals surface area contributed by atoms with Gasteiger partial charge in [-0.05, 0) is 30.2 Å². The minimum absolute atomic E-state index is 0.0497. The van der Waals surface area contributed by atoms with Gasteiger partial charge in [-0.25, -0.2) is 0 Å². The predicted molar refractivity (Wildman–Crippen MR) is 65.4 cm³/mol. The smallest absolute Gasteiger partial charge is 0.166 e. The van der Waals surface area contributed by atoms with Crippen LogP contribution in [0.1, 0.15) is 30.0 Å². The van der Waals surface area contributed by atoms with Gasteiger partial charge in [0, 0.05) is 5.88 Å². The van der Waals surface area contributed by atoms with Gasteiger partial charge in [-0.3, -0.25) is 0 Å². The average molecular weight is 317 g/mol. The van der Waals surface area contributed by atoms with E-state index in [4.69, 9.17) is 11.6 Å². The van der Waals surface area contributed by atoms with Crippen molar-refractivity contribution >= 4 is 17.7 Å². The van der Waals surface area contributed by atoms with Crippen molar-refractivity contribution in [1.29, 1.82) is 0 Å². The highest BCUT2D eigenvalue weighted by molar-refractivity contribution is 6.19. The summed E-state index contributed by atoms with van der Waals surface area (Å²) in [7, 11) is 0. The quantitative estimate of drug-likeness (QED) is 0.491. The molecule has 0 atom stereocenters. The molecule has 0 saturated carbocycles. The summed E-state index contributed by atoms with van der Waals surface area (Å²) in [5, 5.41) is 0. The molecule has 7 heteroatoms. The molecule has 1 aromatic carbocycles. The zero-order chi connectivity index (χ0) is 15.6. The Balaban J connectivity index is 3.42. The average Bonchev–Trinajstić information content (AvgIpc) is 2.33. The first-order chi connectivity index (χ1) is 9.07. The van der Waals surface area contributed by atoms with Crippen LogP contribution in [0.2, 0.25) is 0 Å². The van der Waals surface area contributed by atoms with Crippen molar-refractivity contribution in [2.45, 2.75) is 25.7 Å². The zero-order valence-electron chi connectivity index (χ0n) is 10.4. The summed E-state index contributed by atoms with van der Waals surface area (Å²) in [5.41, 5.74) is -2.27. The van der Waals surface area contributed by atoms with E-state index in [1.807, 2.05) is 0 Å². The number of halogens is 7. The molecule has 0 radical (unpaired) electrons. The predicted octanol–water partition coefficient (Wildman–Crippen LogP) is 5.76. The highest BCUT2D eigenvalue weighted by Crippen LogP contribution is 2.36. The summed E-state index contributed by atoms with van der Waals surface area (Å²) in [6, 6.07) is 1.46. The number of benzene rings is 1. The van der Waals surface area contributed by atoms with Gasteiger partial charge in [0.05, 0.1) is 11.1 Å². The zero-order valence-corrected chi connectivity index (χ0v) is 11.1. The van der Waals surface area contributed by atoms with E-state index in [0.29, 0.717) is 24.1 Å². The van der Waals surface area contributed by atoms with Gasteiger partial charge in [-0.2, -0.15) is 26.3 Å². The topological polar surface area (TPSA) is 0 Å². The lowest BCUT2D eigenvalue weighted by Gasteiger charge is -2.13. The SMILES string of the molecule is CCC(=Cc1cc(C(F)(F)F)cc(C(F)(F)F)c1)CCl. The summed E-state index contributed by atoms with van der Waals surface area (Å²) in [6.07, 6.45) is -7.98. The standard InChI is InChI=1S/C13H11ClF6/c1-2-8(7-14)3-9-4-10(12(15,16)17)6-11(5-9)13(18,19)20/h3-6H,2,7H2,1H3. The molecule has 0 unspecified atom stereocenters. The number of allylic oxidation sites excluding steroid dienone is 1. The molecule has 1 aromatic rings. The Morgan fingerprint density at radius 1 is 1.00 bits per heavy atom. The van der Waals surface area contributed by atoms with E-state index in [1.54, 1.807) is 6.92 Å². The fraction of sp³-hybridized carbons (Fsp3) is 0.385. The van der Waals surface area contributed by atoms with Crippen LogP contribution in [0.25, 0.3) is 6.08 Å². The van der Waals surface area contributed by atoms with Crippen LogP contribution in [-0.2, 0) is 12.4 Å². The van der Waals surface area contributed by atoms with Crippen LogP contribution in [0.5, 0.6) is 0 Å². The van der Waals surface area contributed by atoms with Gasteiger partial charge >= 0.3 is 12.4 Å². The maximum absolute atomic E-state index is 12.6. The van der Waals surface area contributed by atoms with Crippen molar-refractivity contribution in [3.05, 3.63) is 40.5 Å². The van der Waals surface area contributed by atoms with E-state index in [-0.39, 0.29) is 17.5 Å². The van der Waals surface area contributed by atoms with Crippen LogP contribution in [-0.4, -0.2) is 5.88 Å². The van der Waals surface area contributed by atoms with Crippen molar-refractivity contribution in [2.75, 3.05) is 5.88 Å². The van der Waals surface area contributed by atoms with Crippen molar-refractivity contribution < 1.29 is 26.3 Å². The fourth-order valence-electron chi connectivity index (χ4n) is 1.53. The third kappa shape index (κ3) is 4.44. The Kier molecular flexibility index (Phi) is 5.13. The molecule has 0 saturated heterocycles. The largest absolute Gasteiger partial charge is 0.416 e. The Morgan fingerprint density at radius 3 is 1.75 bits per heavy atom. The molecule has 0 amide bonds. The molecule has 0 N–H and O–H groups in total. The molecule has 0 aliphatic carbocycles. The first kappa shape index (κ1) is 16.9. The molecular weight excluding hydrogens is 306 g/mol. The molecule has 0 aliphatic heterocycles. The van der Waals surface area contributed by atoms with E-state index in [9.17, 15) is 26.3 Å². The maximum Gasteiger partial charge on any atom is 0.416 e. The minimum Gasteiger partial charge on any atom is -0.166 e. The lowest BCUT2D eigenvalue weighted by molar-refractivity contribution is -0.143. The summed E-state index contributed by atoms with van der Waals surface area (Å²) in [4.78, 5) is 0. The molecule has 0 bridgehead atoms. The number of rotatable bonds is 3. The second kappa shape index (κ2) is 6.08. The Morgan fingerprint density at radius 2 is 1.45 bits per heavy atom. The molecule has 112 valence electrons. The van der Waals surface area contributed by atoms with Gasteiger partial charge in [0.2, 0.25) is 0 Å². The second-order valence-electron chi connectivity index (χ2n) is 4.13.